The zero-order valence-corrected chi connectivity index (χ0v) is 16.3. The minimum atomic E-state index is -0.247. The topological polar surface area (TPSA) is 54.7 Å². The van der Waals surface area contributed by atoms with Crippen molar-refractivity contribution in [3.05, 3.63) is 59.4 Å². The molecule has 3 rings (SSSR count). The Hall–Kier alpha value is -2.79. The Morgan fingerprint density at radius 1 is 1.11 bits per heavy atom. The molecule has 0 bridgehead atoms. The van der Waals surface area contributed by atoms with Crippen LogP contribution in [0.3, 0.4) is 0 Å². The minimum absolute atomic E-state index is 0.247. The number of para-hydroxylation sites is 1. The van der Waals surface area contributed by atoms with Crippen LogP contribution < -0.4 is 10.1 Å². The second kappa shape index (κ2) is 8.27. The summed E-state index contributed by atoms with van der Waals surface area (Å²) in [6.07, 6.45) is 0.968. The van der Waals surface area contributed by atoms with Crippen LogP contribution in [-0.4, -0.2) is 38.1 Å². The van der Waals surface area contributed by atoms with Gasteiger partial charge in [0, 0.05) is 23.2 Å². The predicted octanol–water partition coefficient (Wildman–Crippen LogP) is 4.63. The van der Waals surface area contributed by atoms with Crippen LogP contribution in [0.1, 0.15) is 28.1 Å². The number of rotatable bonds is 7. The quantitative estimate of drug-likeness (QED) is 0.619. The van der Waals surface area contributed by atoms with Crippen molar-refractivity contribution in [2.45, 2.75) is 20.3 Å². The predicted molar refractivity (Wildman–Crippen MR) is 109 cm³/mol. The van der Waals surface area contributed by atoms with Crippen LogP contribution in [0, 0.1) is 13.8 Å². The second-order valence-corrected chi connectivity index (χ2v) is 6.99. The Morgan fingerprint density at radius 2 is 1.85 bits per heavy atom. The maximum absolute atomic E-state index is 12.6. The Bertz CT molecular complexity index is 927. The number of carbonyl (C=O) groups excluding carboxylic acids is 1. The standard InChI is InChI=1S/C22H26N2O3/c1-15-7-5-8-19-16(2)21(27-20(15)19)22(25)23-17-9-11-18(12-10-17)26-14-6-13-24(3)4/h5,7-12H,6,13-14H2,1-4H3,(H,23,25). The third kappa shape index (κ3) is 4.49. The fourth-order valence-electron chi connectivity index (χ4n) is 2.99. The van der Waals surface area contributed by atoms with E-state index in [1.54, 1.807) is 0 Å². The first-order valence-corrected chi connectivity index (χ1v) is 9.13. The fraction of sp³-hybridized carbons (Fsp3) is 0.318. The van der Waals surface area contributed by atoms with E-state index in [0.29, 0.717) is 18.1 Å². The fourth-order valence-corrected chi connectivity index (χ4v) is 2.99. The molecule has 0 saturated heterocycles. The molecule has 0 aliphatic rings. The molecule has 0 saturated carbocycles. The Morgan fingerprint density at radius 3 is 2.52 bits per heavy atom. The molecule has 1 amide bonds. The van der Waals surface area contributed by atoms with Gasteiger partial charge in [-0.3, -0.25) is 4.79 Å². The highest BCUT2D eigenvalue weighted by atomic mass is 16.5. The maximum atomic E-state index is 12.6. The first-order chi connectivity index (χ1) is 13.0. The number of furan rings is 1. The normalized spacial score (nSPS) is 11.1. The number of nitrogens with one attached hydrogen (secondary N) is 1. The van der Waals surface area contributed by atoms with Gasteiger partial charge in [-0.15, -0.1) is 0 Å². The van der Waals surface area contributed by atoms with Gasteiger partial charge in [-0.05, 0) is 64.2 Å². The number of fused-ring (bicyclic) bond motifs is 1. The molecule has 0 aliphatic heterocycles. The zero-order chi connectivity index (χ0) is 19.4. The smallest absolute Gasteiger partial charge is 0.291 e. The number of benzene rings is 2. The molecule has 0 spiro atoms. The number of hydrogen-bond acceptors (Lipinski definition) is 4. The van der Waals surface area contributed by atoms with E-state index in [2.05, 4.69) is 10.2 Å². The van der Waals surface area contributed by atoms with Gasteiger partial charge in [-0.2, -0.15) is 0 Å². The van der Waals surface area contributed by atoms with Crippen molar-refractivity contribution in [3.63, 3.8) is 0 Å². The van der Waals surface area contributed by atoms with E-state index < -0.39 is 0 Å². The van der Waals surface area contributed by atoms with E-state index in [-0.39, 0.29) is 5.91 Å². The monoisotopic (exact) mass is 366 g/mol. The van der Waals surface area contributed by atoms with E-state index in [9.17, 15) is 4.79 Å². The van der Waals surface area contributed by atoms with Gasteiger partial charge >= 0.3 is 0 Å². The molecule has 0 aliphatic carbocycles. The largest absolute Gasteiger partial charge is 0.494 e. The van der Waals surface area contributed by atoms with Crippen molar-refractivity contribution < 1.29 is 13.9 Å². The second-order valence-electron chi connectivity index (χ2n) is 6.99. The highest BCUT2D eigenvalue weighted by Gasteiger charge is 2.18. The van der Waals surface area contributed by atoms with Crippen molar-refractivity contribution in [2.24, 2.45) is 0 Å². The zero-order valence-electron chi connectivity index (χ0n) is 16.3. The first kappa shape index (κ1) is 19.0. The van der Waals surface area contributed by atoms with Gasteiger partial charge in [0.1, 0.15) is 11.3 Å². The number of carbonyl (C=O) groups is 1. The molecular weight excluding hydrogens is 340 g/mol. The van der Waals surface area contributed by atoms with E-state index in [1.165, 1.54) is 0 Å². The molecule has 5 heteroatoms. The van der Waals surface area contributed by atoms with Crippen LogP contribution in [0.25, 0.3) is 11.0 Å². The Labute approximate surface area is 159 Å². The molecule has 1 N–H and O–H groups in total. The number of hydrogen-bond donors (Lipinski definition) is 1. The lowest BCUT2D eigenvalue weighted by Crippen LogP contribution is -2.15. The number of anilines is 1. The van der Waals surface area contributed by atoms with E-state index in [4.69, 9.17) is 9.15 Å². The highest BCUT2D eigenvalue weighted by molar-refractivity contribution is 6.06. The lowest BCUT2D eigenvalue weighted by atomic mass is 10.1. The summed E-state index contributed by atoms with van der Waals surface area (Å²) in [7, 11) is 4.09. The van der Waals surface area contributed by atoms with Crippen LogP contribution in [0.15, 0.2) is 46.9 Å². The van der Waals surface area contributed by atoms with Crippen molar-refractivity contribution in [1.29, 1.82) is 0 Å². The summed E-state index contributed by atoms with van der Waals surface area (Å²) in [4.78, 5) is 14.8. The van der Waals surface area contributed by atoms with Crippen LogP contribution in [0.2, 0.25) is 0 Å². The molecule has 1 heterocycles. The Kier molecular flexibility index (Phi) is 5.81. The minimum Gasteiger partial charge on any atom is -0.494 e. The van der Waals surface area contributed by atoms with Gasteiger partial charge in [-0.1, -0.05) is 18.2 Å². The molecule has 0 radical (unpaired) electrons. The molecule has 0 fully saturated rings. The molecule has 1 aromatic heterocycles. The van der Waals surface area contributed by atoms with Crippen LogP contribution in [0.5, 0.6) is 5.75 Å². The molecule has 142 valence electrons. The summed E-state index contributed by atoms with van der Waals surface area (Å²) in [5.74, 6) is 0.897. The number of nitrogens with zero attached hydrogens (tertiary/aromatic N) is 1. The molecule has 0 unspecified atom stereocenters. The van der Waals surface area contributed by atoms with Crippen molar-refractivity contribution in [1.82, 2.24) is 4.90 Å². The summed E-state index contributed by atoms with van der Waals surface area (Å²) >= 11 is 0. The maximum Gasteiger partial charge on any atom is 0.291 e. The molecular formula is C22H26N2O3. The van der Waals surface area contributed by atoms with Gasteiger partial charge in [0.25, 0.3) is 5.91 Å². The average molecular weight is 366 g/mol. The lowest BCUT2D eigenvalue weighted by Gasteiger charge is -2.11. The van der Waals surface area contributed by atoms with E-state index in [1.807, 2.05) is 70.4 Å². The summed E-state index contributed by atoms with van der Waals surface area (Å²) in [5, 5.41) is 3.87. The van der Waals surface area contributed by atoms with Crippen LogP contribution in [0.4, 0.5) is 5.69 Å². The molecule has 3 aromatic rings. The van der Waals surface area contributed by atoms with Crippen molar-refractivity contribution in [2.75, 3.05) is 32.6 Å². The molecule has 27 heavy (non-hydrogen) atoms. The Balaban J connectivity index is 1.64. The molecule has 2 aromatic carbocycles. The van der Waals surface area contributed by atoms with Crippen LogP contribution >= 0.6 is 0 Å². The number of amides is 1. The average Bonchev–Trinajstić information content (AvgIpc) is 2.98. The number of aryl methyl sites for hydroxylation is 2. The molecule has 5 nitrogen and oxygen atoms in total. The van der Waals surface area contributed by atoms with Crippen LogP contribution in [-0.2, 0) is 0 Å². The van der Waals surface area contributed by atoms with Crippen molar-refractivity contribution in [3.8, 4) is 5.75 Å². The lowest BCUT2D eigenvalue weighted by molar-refractivity contribution is 0.0998. The van der Waals surface area contributed by atoms with Gasteiger partial charge in [0.05, 0.1) is 6.61 Å². The van der Waals surface area contributed by atoms with Gasteiger partial charge in [0.2, 0.25) is 0 Å². The van der Waals surface area contributed by atoms with Gasteiger partial charge < -0.3 is 19.4 Å². The third-order valence-corrected chi connectivity index (χ3v) is 4.50. The van der Waals surface area contributed by atoms with Crippen molar-refractivity contribution >= 4 is 22.6 Å². The summed E-state index contributed by atoms with van der Waals surface area (Å²) in [6, 6.07) is 13.3. The van der Waals surface area contributed by atoms with Gasteiger partial charge in [0.15, 0.2) is 5.76 Å². The van der Waals surface area contributed by atoms with E-state index in [0.717, 1.165) is 40.8 Å². The highest BCUT2D eigenvalue weighted by Crippen LogP contribution is 2.28. The van der Waals surface area contributed by atoms with Gasteiger partial charge in [-0.25, -0.2) is 0 Å². The summed E-state index contributed by atoms with van der Waals surface area (Å²) in [5.41, 5.74) is 3.34. The summed E-state index contributed by atoms with van der Waals surface area (Å²) in [6.45, 7) is 5.54. The third-order valence-electron chi connectivity index (χ3n) is 4.50. The number of ether oxygens (including phenoxy) is 1. The molecule has 0 atom stereocenters. The van der Waals surface area contributed by atoms with E-state index >= 15 is 0 Å². The first-order valence-electron chi connectivity index (χ1n) is 9.13. The summed E-state index contributed by atoms with van der Waals surface area (Å²) < 4.78 is 11.5. The SMILES string of the molecule is Cc1c(C(=O)Nc2ccc(OCCCN(C)C)cc2)oc2c(C)cccc12.